The van der Waals surface area contributed by atoms with Gasteiger partial charge in [0.05, 0.1) is 4.47 Å². The van der Waals surface area contributed by atoms with Gasteiger partial charge < -0.3 is 19.7 Å². The van der Waals surface area contributed by atoms with Gasteiger partial charge in [-0.1, -0.05) is 6.42 Å². The average molecular weight is 341 g/mol. The van der Waals surface area contributed by atoms with E-state index < -0.39 is 0 Å². The molecule has 0 radical (unpaired) electrons. The number of ether oxygens (including phenoxy) is 2. The molecule has 1 N–H and O–H groups in total. The number of likely N-dealkylation sites (tertiary alicyclic amines) is 1. The number of rotatable bonds is 5. The molecule has 1 aromatic rings. The van der Waals surface area contributed by atoms with Gasteiger partial charge in [0.25, 0.3) is 0 Å². The monoisotopic (exact) mass is 340 g/mol. The second-order valence-electron chi connectivity index (χ2n) is 5.39. The van der Waals surface area contributed by atoms with Crippen molar-refractivity contribution in [2.24, 2.45) is 0 Å². The average Bonchev–Trinajstić information content (AvgIpc) is 2.94. The van der Waals surface area contributed by atoms with Gasteiger partial charge in [-0.25, -0.2) is 0 Å². The van der Waals surface area contributed by atoms with E-state index in [-0.39, 0.29) is 0 Å². The highest BCUT2D eigenvalue weighted by Gasteiger charge is 2.17. The van der Waals surface area contributed by atoms with Gasteiger partial charge in [-0.3, -0.25) is 0 Å². The Kier molecular flexibility index (Phi) is 4.81. The molecule has 0 aliphatic carbocycles. The molecular formula is C15H21BrN2O2. The molecule has 20 heavy (non-hydrogen) atoms. The van der Waals surface area contributed by atoms with Gasteiger partial charge in [-0.15, -0.1) is 0 Å². The molecule has 1 aromatic carbocycles. The molecule has 5 heteroatoms. The Morgan fingerprint density at radius 3 is 2.85 bits per heavy atom. The predicted molar refractivity (Wildman–Crippen MR) is 82.3 cm³/mol. The molecule has 2 aliphatic rings. The topological polar surface area (TPSA) is 33.7 Å². The molecule has 0 saturated carbocycles. The van der Waals surface area contributed by atoms with Crippen molar-refractivity contribution in [3.05, 3.63) is 22.2 Å². The van der Waals surface area contributed by atoms with E-state index in [1.54, 1.807) is 0 Å². The van der Waals surface area contributed by atoms with E-state index >= 15 is 0 Å². The SMILES string of the molecule is Brc1cc(CNCCN2CCCCC2)cc2c1OCO2. The van der Waals surface area contributed by atoms with Crippen LogP contribution in [0.25, 0.3) is 0 Å². The van der Waals surface area contributed by atoms with Gasteiger partial charge in [0.1, 0.15) is 0 Å². The van der Waals surface area contributed by atoms with Crippen LogP contribution in [0.4, 0.5) is 0 Å². The van der Waals surface area contributed by atoms with Gasteiger partial charge in [0, 0.05) is 19.6 Å². The Morgan fingerprint density at radius 2 is 2.00 bits per heavy atom. The number of hydrogen-bond donors (Lipinski definition) is 1. The molecule has 0 amide bonds. The number of hydrogen-bond acceptors (Lipinski definition) is 4. The summed E-state index contributed by atoms with van der Waals surface area (Å²) in [6, 6.07) is 4.16. The zero-order valence-corrected chi connectivity index (χ0v) is 13.2. The van der Waals surface area contributed by atoms with Crippen molar-refractivity contribution >= 4 is 15.9 Å². The number of nitrogens with zero attached hydrogens (tertiary/aromatic N) is 1. The third-order valence-corrected chi connectivity index (χ3v) is 4.46. The largest absolute Gasteiger partial charge is 0.454 e. The molecule has 3 rings (SSSR count). The smallest absolute Gasteiger partial charge is 0.231 e. The van der Waals surface area contributed by atoms with Crippen molar-refractivity contribution in [1.29, 1.82) is 0 Å². The van der Waals surface area contributed by atoms with E-state index in [9.17, 15) is 0 Å². The fourth-order valence-corrected chi connectivity index (χ4v) is 3.38. The highest BCUT2D eigenvalue weighted by molar-refractivity contribution is 9.10. The van der Waals surface area contributed by atoms with E-state index in [1.807, 2.05) is 0 Å². The van der Waals surface area contributed by atoms with E-state index in [2.05, 4.69) is 38.3 Å². The fourth-order valence-electron chi connectivity index (χ4n) is 2.78. The first-order valence-electron chi connectivity index (χ1n) is 7.34. The van der Waals surface area contributed by atoms with Crippen LogP contribution in [0.1, 0.15) is 24.8 Å². The summed E-state index contributed by atoms with van der Waals surface area (Å²) < 4.78 is 11.8. The van der Waals surface area contributed by atoms with Gasteiger partial charge in [0.15, 0.2) is 11.5 Å². The Hall–Kier alpha value is -0.780. The Bertz CT molecular complexity index is 461. The standard InChI is InChI=1S/C15H21BrN2O2/c16-13-8-12(9-14-15(13)20-11-19-14)10-17-4-7-18-5-2-1-3-6-18/h8-9,17H,1-7,10-11H2. The molecule has 2 heterocycles. The van der Waals surface area contributed by atoms with Crippen molar-refractivity contribution in [3.63, 3.8) is 0 Å². The lowest BCUT2D eigenvalue weighted by Crippen LogP contribution is -2.35. The first-order chi connectivity index (χ1) is 9.83. The second kappa shape index (κ2) is 6.78. The summed E-state index contributed by atoms with van der Waals surface area (Å²) >= 11 is 3.53. The molecular weight excluding hydrogens is 320 g/mol. The minimum atomic E-state index is 0.319. The first-order valence-corrected chi connectivity index (χ1v) is 8.13. The van der Waals surface area contributed by atoms with Gasteiger partial charge in [-0.05, 0) is 59.6 Å². The summed E-state index contributed by atoms with van der Waals surface area (Å²) in [5, 5.41) is 3.51. The zero-order valence-electron chi connectivity index (χ0n) is 11.7. The van der Waals surface area contributed by atoms with Crippen molar-refractivity contribution in [2.75, 3.05) is 33.0 Å². The summed E-state index contributed by atoms with van der Waals surface area (Å²) in [6.45, 7) is 5.88. The number of halogens is 1. The molecule has 1 fully saturated rings. The van der Waals surface area contributed by atoms with E-state index in [0.29, 0.717) is 6.79 Å². The molecule has 1 saturated heterocycles. The van der Waals surface area contributed by atoms with E-state index in [0.717, 1.165) is 35.6 Å². The predicted octanol–water partition coefficient (Wildman–Crippen LogP) is 2.75. The first kappa shape index (κ1) is 14.2. The molecule has 110 valence electrons. The van der Waals surface area contributed by atoms with Crippen LogP contribution >= 0.6 is 15.9 Å². The lowest BCUT2D eigenvalue weighted by molar-refractivity contribution is 0.173. The van der Waals surface area contributed by atoms with Crippen LogP contribution in [-0.2, 0) is 6.54 Å². The van der Waals surface area contributed by atoms with Crippen LogP contribution < -0.4 is 14.8 Å². The lowest BCUT2D eigenvalue weighted by Gasteiger charge is -2.26. The number of nitrogens with one attached hydrogen (secondary N) is 1. The summed E-state index contributed by atoms with van der Waals surface area (Å²) in [7, 11) is 0. The summed E-state index contributed by atoms with van der Waals surface area (Å²) in [5.41, 5.74) is 1.22. The summed E-state index contributed by atoms with van der Waals surface area (Å²) in [6.07, 6.45) is 4.11. The molecule has 4 nitrogen and oxygen atoms in total. The number of fused-ring (bicyclic) bond motifs is 1. The van der Waals surface area contributed by atoms with Gasteiger partial charge >= 0.3 is 0 Å². The minimum absolute atomic E-state index is 0.319. The molecule has 0 atom stereocenters. The maximum Gasteiger partial charge on any atom is 0.231 e. The van der Waals surface area contributed by atoms with Crippen molar-refractivity contribution in [2.45, 2.75) is 25.8 Å². The van der Waals surface area contributed by atoms with E-state index in [4.69, 9.17) is 9.47 Å². The van der Waals surface area contributed by atoms with Crippen LogP contribution in [0.3, 0.4) is 0 Å². The maximum absolute atomic E-state index is 5.43. The van der Waals surface area contributed by atoms with E-state index in [1.165, 1.54) is 37.9 Å². The summed E-state index contributed by atoms with van der Waals surface area (Å²) in [5.74, 6) is 1.66. The Labute approximate surface area is 128 Å². The lowest BCUT2D eigenvalue weighted by atomic mass is 10.1. The highest BCUT2D eigenvalue weighted by atomic mass is 79.9. The molecule has 0 aromatic heterocycles. The second-order valence-corrected chi connectivity index (χ2v) is 6.24. The minimum Gasteiger partial charge on any atom is -0.454 e. The third kappa shape index (κ3) is 3.45. The van der Waals surface area contributed by atoms with Crippen molar-refractivity contribution < 1.29 is 9.47 Å². The van der Waals surface area contributed by atoms with Crippen LogP contribution in [0, 0.1) is 0 Å². The quantitative estimate of drug-likeness (QED) is 0.835. The normalized spacial score (nSPS) is 18.4. The van der Waals surface area contributed by atoms with Gasteiger partial charge in [-0.2, -0.15) is 0 Å². The van der Waals surface area contributed by atoms with Crippen molar-refractivity contribution in [1.82, 2.24) is 10.2 Å². The molecule has 0 bridgehead atoms. The number of piperidine rings is 1. The molecule has 0 spiro atoms. The van der Waals surface area contributed by atoms with Crippen LogP contribution in [0.15, 0.2) is 16.6 Å². The van der Waals surface area contributed by atoms with Gasteiger partial charge in [0.2, 0.25) is 6.79 Å². The molecule has 2 aliphatic heterocycles. The van der Waals surface area contributed by atoms with Crippen LogP contribution in [-0.4, -0.2) is 37.9 Å². The zero-order chi connectivity index (χ0) is 13.8. The van der Waals surface area contributed by atoms with Crippen molar-refractivity contribution in [3.8, 4) is 11.5 Å². The molecule has 0 unspecified atom stereocenters. The fraction of sp³-hybridized carbons (Fsp3) is 0.600. The number of benzene rings is 1. The highest BCUT2D eigenvalue weighted by Crippen LogP contribution is 2.39. The van der Waals surface area contributed by atoms with Crippen LogP contribution in [0.5, 0.6) is 11.5 Å². The van der Waals surface area contributed by atoms with Crippen LogP contribution in [0.2, 0.25) is 0 Å². The maximum atomic E-state index is 5.43. The Balaban J connectivity index is 1.45. The summed E-state index contributed by atoms with van der Waals surface area (Å²) in [4.78, 5) is 2.55. The Morgan fingerprint density at radius 1 is 1.15 bits per heavy atom. The third-order valence-electron chi connectivity index (χ3n) is 3.87.